The SMILES string of the molecule is CC(=O)O[C@H]1CC[C@]2(C)[C@H]3CC=C4[C@@H]5C[C@@]6(C)C[C@H](OC6=O)[C@]5(C)CC[C@@]4(C)[C@]3(C)CC[C@H]2C1(C)C. The third kappa shape index (κ3) is 2.83. The number of carbonyl (C=O) groups excluding carboxylic acids is 2. The van der Waals surface area contributed by atoms with E-state index in [1.54, 1.807) is 12.5 Å². The van der Waals surface area contributed by atoms with Crippen molar-refractivity contribution in [3.8, 4) is 0 Å². The molecular weight excluding hydrogens is 448 g/mol. The van der Waals surface area contributed by atoms with Gasteiger partial charge < -0.3 is 9.47 Å². The predicted molar refractivity (Wildman–Crippen MR) is 140 cm³/mol. The van der Waals surface area contributed by atoms with E-state index >= 15 is 0 Å². The Hall–Kier alpha value is -1.32. The molecule has 0 radical (unpaired) electrons. The number of carbonyl (C=O) groups is 2. The van der Waals surface area contributed by atoms with E-state index in [4.69, 9.17) is 9.47 Å². The summed E-state index contributed by atoms with van der Waals surface area (Å²) >= 11 is 0. The van der Waals surface area contributed by atoms with E-state index < -0.39 is 0 Å². The molecule has 0 aromatic rings. The van der Waals surface area contributed by atoms with Crippen LogP contribution in [-0.2, 0) is 19.1 Å². The summed E-state index contributed by atoms with van der Waals surface area (Å²) in [4.78, 5) is 24.8. The van der Waals surface area contributed by atoms with Gasteiger partial charge in [0.25, 0.3) is 0 Å². The van der Waals surface area contributed by atoms with E-state index in [9.17, 15) is 9.59 Å². The number of esters is 2. The van der Waals surface area contributed by atoms with Crippen LogP contribution >= 0.6 is 0 Å². The Morgan fingerprint density at radius 3 is 2.33 bits per heavy atom. The van der Waals surface area contributed by atoms with E-state index in [1.807, 2.05) is 0 Å². The lowest BCUT2D eigenvalue weighted by molar-refractivity contribution is -0.212. The first-order valence-corrected chi connectivity index (χ1v) is 14.7. The van der Waals surface area contributed by atoms with E-state index in [1.165, 1.54) is 19.3 Å². The first-order valence-electron chi connectivity index (χ1n) is 14.7. The van der Waals surface area contributed by atoms with E-state index in [0.29, 0.717) is 17.8 Å². The number of rotatable bonds is 1. The van der Waals surface area contributed by atoms with Crippen molar-refractivity contribution in [1.82, 2.24) is 0 Å². The molecule has 5 fully saturated rings. The van der Waals surface area contributed by atoms with Crippen molar-refractivity contribution in [1.29, 1.82) is 0 Å². The molecule has 4 nitrogen and oxygen atoms in total. The summed E-state index contributed by atoms with van der Waals surface area (Å²) in [5.74, 6) is 1.55. The van der Waals surface area contributed by atoms with Gasteiger partial charge in [-0.3, -0.25) is 9.59 Å². The van der Waals surface area contributed by atoms with Gasteiger partial charge in [0.2, 0.25) is 0 Å². The maximum Gasteiger partial charge on any atom is 0.312 e. The third-order valence-corrected chi connectivity index (χ3v) is 13.9. The Morgan fingerprint density at radius 2 is 1.64 bits per heavy atom. The lowest BCUT2D eigenvalue weighted by atomic mass is 9.33. The molecule has 10 atom stereocenters. The average molecular weight is 497 g/mol. The molecule has 5 aliphatic carbocycles. The second-order valence-corrected chi connectivity index (χ2v) is 15.7. The van der Waals surface area contributed by atoms with Gasteiger partial charge in [0.15, 0.2) is 0 Å². The molecule has 0 unspecified atom stereocenters. The van der Waals surface area contributed by atoms with Gasteiger partial charge >= 0.3 is 11.9 Å². The Kier molecular flexibility index (Phi) is 5.00. The highest BCUT2D eigenvalue weighted by atomic mass is 16.6. The van der Waals surface area contributed by atoms with Crippen LogP contribution in [0.15, 0.2) is 11.6 Å². The van der Waals surface area contributed by atoms with Crippen molar-refractivity contribution in [2.24, 2.45) is 50.2 Å². The minimum absolute atomic E-state index is 0.00904. The largest absolute Gasteiger partial charge is 0.462 e. The number of fused-ring (bicyclic) bond motifs is 10. The van der Waals surface area contributed by atoms with Gasteiger partial charge in [-0.1, -0.05) is 53.2 Å². The first kappa shape index (κ1) is 25.0. The van der Waals surface area contributed by atoms with Crippen LogP contribution in [0.3, 0.4) is 0 Å². The maximum atomic E-state index is 12.9. The van der Waals surface area contributed by atoms with Gasteiger partial charge in [0, 0.05) is 24.2 Å². The molecule has 0 N–H and O–H groups in total. The molecule has 200 valence electrons. The van der Waals surface area contributed by atoms with Gasteiger partial charge in [-0.15, -0.1) is 0 Å². The van der Waals surface area contributed by atoms with Crippen molar-refractivity contribution in [3.05, 3.63) is 11.6 Å². The number of ether oxygens (including phenoxy) is 2. The highest BCUT2D eigenvalue weighted by Crippen LogP contribution is 2.76. The summed E-state index contributed by atoms with van der Waals surface area (Å²) in [7, 11) is 0. The van der Waals surface area contributed by atoms with E-state index in [0.717, 1.165) is 38.5 Å². The van der Waals surface area contributed by atoms with E-state index in [-0.39, 0.29) is 56.6 Å². The van der Waals surface area contributed by atoms with Crippen molar-refractivity contribution >= 4 is 11.9 Å². The van der Waals surface area contributed by atoms with Gasteiger partial charge in [-0.25, -0.2) is 0 Å². The Bertz CT molecular complexity index is 1040. The zero-order valence-electron chi connectivity index (χ0n) is 24.0. The standard InChI is InChI=1S/C32H48O4/c1-19(33)35-24-12-13-30(6)22(27(24,2)3)11-14-32(8)23(30)10-9-20-21-17-28(4)18-25(36-26(28)34)29(21,5)15-16-31(20,32)7/h9,21-25H,10-18H2,1-8H3/t21-,22-,23+,24-,25-,28-,29+,30-,31+,32+/m0/s1. The van der Waals surface area contributed by atoms with Gasteiger partial charge in [-0.05, 0) is 92.3 Å². The highest BCUT2D eigenvalue weighted by molar-refractivity contribution is 5.79. The molecule has 4 heteroatoms. The molecule has 0 aromatic carbocycles. The fourth-order valence-electron chi connectivity index (χ4n) is 11.5. The molecule has 2 bridgehead atoms. The van der Waals surface area contributed by atoms with Crippen molar-refractivity contribution < 1.29 is 19.1 Å². The van der Waals surface area contributed by atoms with Crippen molar-refractivity contribution in [2.75, 3.05) is 0 Å². The molecule has 1 saturated heterocycles. The molecular formula is C32H48O4. The lowest BCUT2D eigenvalue weighted by Crippen LogP contribution is -2.65. The first-order chi connectivity index (χ1) is 16.6. The Balaban J connectivity index is 1.39. The van der Waals surface area contributed by atoms with E-state index in [2.05, 4.69) is 54.5 Å². The summed E-state index contributed by atoms with van der Waals surface area (Å²) in [6.45, 7) is 18.7. The maximum absolute atomic E-state index is 12.9. The summed E-state index contributed by atoms with van der Waals surface area (Å²) in [6, 6.07) is 0. The van der Waals surface area contributed by atoms with Gasteiger partial charge in [0.1, 0.15) is 12.2 Å². The fraction of sp³-hybridized carbons (Fsp3) is 0.875. The summed E-state index contributed by atoms with van der Waals surface area (Å²) in [5.41, 5.74) is 2.08. The lowest BCUT2D eigenvalue weighted by Gasteiger charge is -2.71. The Labute approximate surface area is 218 Å². The third-order valence-electron chi connectivity index (χ3n) is 13.9. The van der Waals surface area contributed by atoms with Crippen LogP contribution in [0.2, 0.25) is 0 Å². The molecule has 6 rings (SSSR count). The number of hydrogen-bond donors (Lipinski definition) is 0. The van der Waals surface area contributed by atoms with Crippen LogP contribution in [0.5, 0.6) is 0 Å². The molecule has 0 aromatic heterocycles. The zero-order chi connectivity index (χ0) is 26.1. The van der Waals surface area contributed by atoms with Crippen LogP contribution < -0.4 is 0 Å². The Morgan fingerprint density at radius 1 is 0.917 bits per heavy atom. The van der Waals surface area contributed by atoms with Crippen LogP contribution in [-0.4, -0.2) is 24.1 Å². The minimum atomic E-state index is -0.311. The number of hydrogen-bond acceptors (Lipinski definition) is 4. The normalized spacial score (nSPS) is 54.7. The summed E-state index contributed by atoms with van der Waals surface area (Å²) in [6.07, 6.45) is 12.7. The molecule has 4 saturated carbocycles. The summed E-state index contributed by atoms with van der Waals surface area (Å²) in [5, 5.41) is 0. The summed E-state index contributed by atoms with van der Waals surface area (Å²) < 4.78 is 11.9. The van der Waals surface area contributed by atoms with Crippen LogP contribution in [0.1, 0.15) is 113 Å². The highest BCUT2D eigenvalue weighted by Gasteiger charge is 2.70. The van der Waals surface area contributed by atoms with Crippen molar-refractivity contribution in [2.45, 2.75) is 125 Å². The second kappa shape index (κ2) is 7.20. The minimum Gasteiger partial charge on any atom is -0.462 e. The number of allylic oxidation sites excluding steroid dienone is 2. The van der Waals surface area contributed by atoms with Crippen LogP contribution in [0.4, 0.5) is 0 Å². The predicted octanol–water partition coefficient (Wildman–Crippen LogP) is 7.26. The fourth-order valence-corrected chi connectivity index (χ4v) is 11.5. The van der Waals surface area contributed by atoms with Crippen molar-refractivity contribution in [3.63, 3.8) is 0 Å². The van der Waals surface area contributed by atoms with Crippen LogP contribution in [0, 0.1) is 50.2 Å². The topological polar surface area (TPSA) is 52.6 Å². The molecule has 1 aliphatic heterocycles. The molecule has 0 amide bonds. The molecule has 0 spiro atoms. The molecule has 36 heavy (non-hydrogen) atoms. The second-order valence-electron chi connectivity index (χ2n) is 15.7. The smallest absolute Gasteiger partial charge is 0.312 e. The molecule has 6 aliphatic rings. The monoisotopic (exact) mass is 496 g/mol. The van der Waals surface area contributed by atoms with Crippen LogP contribution in [0.25, 0.3) is 0 Å². The molecule has 1 heterocycles. The quantitative estimate of drug-likeness (QED) is 0.283. The van der Waals surface area contributed by atoms with Gasteiger partial charge in [-0.2, -0.15) is 0 Å². The van der Waals surface area contributed by atoms with Gasteiger partial charge in [0.05, 0.1) is 5.41 Å². The average Bonchev–Trinajstić information content (AvgIpc) is 3.04. The zero-order valence-corrected chi connectivity index (χ0v) is 24.0.